The summed E-state index contributed by atoms with van der Waals surface area (Å²) >= 11 is 0. The van der Waals surface area contributed by atoms with Crippen molar-refractivity contribution in [2.24, 2.45) is 0 Å². The highest BCUT2D eigenvalue weighted by atomic mass is 15.3. The molecule has 0 bridgehead atoms. The first-order valence-electron chi connectivity index (χ1n) is 8.27. The Balaban J connectivity index is 1.61. The van der Waals surface area contributed by atoms with Gasteiger partial charge in [0.15, 0.2) is 0 Å². The summed E-state index contributed by atoms with van der Waals surface area (Å²) < 4.78 is 0. The maximum Gasteiger partial charge on any atom is 0.0234 e. The number of hydrogen-bond donors (Lipinski definition) is 0. The van der Waals surface area contributed by atoms with E-state index in [2.05, 4.69) is 47.9 Å². The molecule has 0 amide bonds. The number of benzene rings is 1. The Hall–Kier alpha value is -0.860. The van der Waals surface area contributed by atoms with Gasteiger partial charge in [0.25, 0.3) is 0 Å². The first kappa shape index (κ1) is 14.1. The average molecular weight is 272 g/mol. The minimum Gasteiger partial charge on any atom is -0.299 e. The van der Waals surface area contributed by atoms with E-state index in [-0.39, 0.29) is 0 Å². The quantitative estimate of drug-likeness (QED) is 0.831. The van der Waals surface area contributed by atoms with Gasteiger partial charge in [0, 0.05) is 19.1 Å². The molecule has 0 radical (unpaired) electrons. The molecule has 2 saturated heterocycles. The maximum atomic E-state index is 2.71. The van der Waals surface area contributed by atoms with Crippen LogP contribution in [0, 0.1) is 0 Å². The van der Waals surface area contributed by atoms with Crippen LogP contribution >= 0.6 is 0 Å². The predicted octanol–water partition coefficient (Wildman–Crippen LogP) is 3.48. The van der Waals surface area contributed by atoms with Gasteiger partial charge in [0.05, 0.1) is 0 Å². The molecule has 1 atom stereocenters. The van der Waals surface area contributed by atoms with E-state index in [0.29, 0.717) is 5.92 Å². The van der Waals surface area contributed by atoms with E-state index in [1.807, 2.05) is 0 Å². The van der Waals surface area contributed by atoms with E-state index in [1.165, 1.54) is 56.6 Å². The standard InChI is InChI=1S/C18H28N2/c1-15(2)17-8-6-16(7-9-17)13-19-10-4-12-20-11-3-5-18(20)14-19/h6-9,15,18H,3-5,10-14H2,1-2H3. The van der Waals surface area contributed by atoms with Gasteiger partial charge in [-0.2, -0.15) is 0 Å². The van der Waals surface area contributed by atoms with Crippen LogP contribution in [0.5, 0.6) is 0 Å². The van der Waals surface area contributed by atoms with Crippen LogP contribution < -0.4 is 0 Å². The van der Waals surface area contributed by atoms with Crippen LogP contribution in [-0.2, 0) is 6.54 Å². The van der Waals surface area contributed by atoms with E-state index in [4.69, 9.17) is 0 Å². The Morgan fingerprint density at radius 1 is 1.05 bits per heavy atom. The van der Waals surface area contributed by atoms with Crippen LogP contribution in [0.15, 0.2) is 24.3 Å². The zero-order valence-corrected chi connectivity index (χ0v) is 13.0. The zero-order chi connectivity index (χ0) is 13.9. The summed E-state index contributed by atoms with van der Waals surface area (Å²) in [6.07, 6.45) is 4.14. The molecule has 0 aliphatic carbocycles. The molecule has 2 aliphatic rings. The lowest BCUT2D eigenvalue weighted by molar-refractivity contribution is 0.215. The van der Waals surface area contributed by atoms with Crippen molar-refractivity contribution in [3.05, 3.63) is 35.4 Å². The first-order valence-corrected chi connectivity index (χ1v) is 8.27. The number of hydrogen-bond acceptors (Lipinski definition) is 2. The molecule has 110 valence electrons. The molecule has 1 unspecified atom stereocenters. The van der Waals surface area contributed by atoms with Crippen LogP contribution in [0.2, 0.25) is 0 Å². The molecule has 2 nitrogen and oxygen atoms in total. The van der Waals surface area contributed by atoms with Gasteiger partial charge < -0.3 is 0 Å². The van der Waals surface area contributed by atoms with Crippen molar-refractivity contribution in [2.45, 2.75) is 51.6 Å². The first-order chi connectivity index (χ1) is 9.72. The topological polar surface area (TPSA) is 6.48 Å². The largest absolute Gasteiger partial charge is 0.299 e. The van der Waals surface area contributed by atoms with Gasteiger partial charge >= 0.3 is 0 Å². The van der Waals surface area contributed by atoms with E-state index >= 15 is 0 Å². The van der Waals surface area contributed by atoms with Gasteiger partial charge in [-0.3, -0.25) is 9.80 Å². The highest BCUT2D eigenvalue weighted by molar-refractivity contribution is 5.24. The normalized spacial score (nSPS) is 24.9. The Bertz CT molecular complexity index is 424. The fourth-order valence-electron chi connectivity index (χ4n) is 3.69. The molecule has 3 rings (SSSR count). The molecule has 0 aromatic heterocycles. The zero-order valence-electron chi connectivity index (χ0n) is 13.0. The molecule has 1 aromatic carbocycles. The fourth-order valence-corrected chi connectivity index (χ4v) is 3.69. The van der Waals surface area contributed by atoms with Gasteiger partial charge in [-0.05, 0) is 55.9 Å². The highest BCUT2D eigenvalue weighted by Gasteiger charge is 2.28. The lowest BCUT2D eigenvalue weighted by Gasteiger charge is -2.25. The van der Waals surface area contributed by atoms with Crippen molar-refractivity contribution >= 4 is 0 Å². The van der Waals surface area contributed by atoms with Crippen molar-refractivity contribution in [1.29, 1.82) is 0 Å². The molecular formula is C18H28N2. The number of rotatable bonds is 3. The van der Waals surface area contributed by atoms with Crippen molar-refractivity contribution in [3.63, 3.8) is 0 Å². The molecule has 2 fully saturated rings. The van der Waals surface area contributed by atoms with Crippen LogP contribution in [0.1, 0.15) is 50.2 Å². The lowest BCUT2D eigenvalue weighted by Crippen LogP contribution is -2.36. The summed E-state index contributed by atoms with van der Waals surface area (Å²) in [5, 5.41) is 0. The van der Waals surface area contributed by atoms with Crippen molar-refractivity contribution in [1.82, 2.24) is 9.80 Å². The minimum absolute atomic E-state index is 0.634. The predicted molar refractivity (Wildman–Crippen MR) is 85.0 cm³/mol. The summed E-state index contributed by atoms with van der Waals surface area (Å²) in [5.74, 6) is 0.634. The van der Waals surface area contributed by atoms with Gasteiger partial charge in [0.2, 0.25) is 0 Å². The highest BCUT2D eigenvalue weighted by Crippen LogP contribution is 2.22. The van der Waals surface area contributed by atoms with Gasteiger partial charge in [-0.1, -0.05) is 38.1 Å². The van der Waals surface area contributed by atoms with E-state index < -0.39 is 0 Å². The monoisotopic (exact) mass is 272 g/mol. The molecule has 0 N–H and O–H groups in total. The summed E-state index contributed by atoms with van der Waals surface area (Å²) in [5.41, 5.74) is 2.92. The van der Waals surface area contributed by atoms with E-state index in [0.717, 1.165) is 12.6 Å². The number of fused-ring (bicyclic) bond motifs is 1. The molecule has 0 saturated carbocycles. The van der Waals surface area contributed by atoms with Gasteiger partial charge in [-0.25, -0.2) is 0 Å². The Morgan fingerprint density at radius 2 is 1.80 bits per heavy atom. The fraction of sp³-hybridized carbons (Fsp3) is 0.667. The third-order valence-corrected chi connectivity index (χ3v) is 4.94. The van der Waals surface area contributed by atoms with Gasteiger partial charge in [0.1, 0.15) is 0 Å². The van der Waals surface area contributed by atoms with E-state index in [1.54, 1.807) is 0 Å². The van der Waals surface area contributed by atoms with Crippen molar-refractivity contribution < 1.29 is 0 Å². The van der Waals surface area contributed by atoms with Crippen molar-refractivity contribution in [3.8, 4) is 0 Å². The van der Waals surface area contributed by atoms with Crippen LogP contribution in [0.4, 0.5) is 0 Å². The molecule has 1 aromatic rings. The van der Waals surface area contributed by atoms with E-state index in [9.17, 15) is 0 Å². The molecule has 0 spiro atoms. The molecule has 2 aliphatic heterocycles. The Labute approximate surface area is 123 Å². The molecule has 20 heavy (non-hydrogen) atoms. The Morgan fingerprint density at radius 3 is 2.55 bits per heavy atom. The number of nitrogens with zero attached hydrogens (tertiary/aromatic N) is 2. The molecule has 2 heteroatoms. The minimum atomic E-state index is 0.634. The summed E-state index contributed by atoms with van der Waals surface area (Å²) in [4.78, 5) is 5.38. The summed E-state index contributed by atoms with van der Waals surface area (Å²) in [7, 11) is 0. The smallest absolute Gasteiger partial charge is 0.0234 e. The second kappa shape index (κ2) is 6.28. The van der Waals surface area contributed by atoms with Gasteiger partial charge in [-0.15, -0.1) is 0 Å². The summed E-state index contributed by atoms with van der Waals surface area (Å²) in [6, 6.07) is 10.1. The second-order valence-electron chi connectivity index (χ2n) is 6.82. The maximum absolute atomic E-state index is 2.71. The second-order valence-corrected chi connectivity index (χ2v) is 6.82. The van der Waals surface area contributed by atoms with Crippen molar-refractivity contribution in [2.75, 3.05) is 26.2 Å². The van der Waals surface area contributed by atoms with Crippen LogP contribution in [-0.4, -0.2) is 42.0 Å². The molecular weight excluding hydrogens is 244 g/mol. The van der Waals surface area contributed by atoms with Crippen LogP contribution in [0.3, 0.4) is 0 Å². The lowest BCUT2D eigenvalue weighted by atomic mass is 10.0. The summed E-state index contributed by atoms with van der Waals surface area (Å²) in [6.45, 7) is 10.8. The average Bonchev–Trinajstić information content (AvgIpc) is 2.78. The molecule has 2 heterocycles. The third-order valence-electron chi connectivity index (χ3n) is 4.94. The van der Waals surface area contributed by atoms with Crippen LogP contribution in [0.25, 0.3) is 0 Å². The SMILES string of the molecule is CC(C)c1ccc(CN2CCCN3CCCC3C2)cc1. The third kappa shape index (κ3) is 3.24. The Kier molecular flexibility index (Phi) is 4.42.